The van der Waals surface area contributed by atoms with Crippen LogP contribution in [0.4, 0.5) is 22.0 Å². The summed E-state index contributed by atoms with van der Waals surface area (Å²) in [6.45, 7) is 0. The first-order valence-electron chi connectivity index (χ1n) is 14.0. The van der Waals surface area contributed by atoms with Gasteiger partial charge in [-0.2, -0.15) is 9.36 Å². The van der Waals surface area contributed by atoms with E-state index in [1.165, 1.54) is 51.8 Å². The largest absolute Gasteiger partial charge is 0.573 e. The SMILES string of the molecule is Fc1ccccc1-n1nnnc1-c1ccccc1-c1ccccc1OC(F)(F)F.Fc1ccccc1-n1nnnc1-c1ccccc1I. The Bertz CT molecular complexity index is 2130. The molecule has 2 aromatic heterocycles. The zero-order valence-electron chi connectivity index (χ0n) is 24.3. The van der Waals surface area contributed by atoms with Gasteiger partial charge in [0.15, 0.2) is 11.6 Å². The highest BCUT2D eigenvalue weighted by atomic mass is 127. The van der Waals surface area contributed by atoms with Gasteiger partial charge in [0.05, 0.1) is 0 Å². The van der Waals surface area contributed by atoms with Crippen LogP contribution in [0.3, 0.4) is 0 Å². The van der Waals surface area contributed by atoms with Crippen molar-refractivity contribution in [2.75, 3.05) is 0 Å². The van der Waals surface area contributed by atoms with Crippen LogP contribution in [0.2, 0.25) is 0 Å². The van der Waals surface area contributed by atoms with Crippen LogP contribution in [0, 0.1) is 15.2 Å². The molecule has 0 saturated carbocycles. The molecule has 0 aliphatic rings. The molecule has 7 aromatic rings. The first-order chi connectivity index (χ1) is 23.2. The second-order valence-corrected chi connectivity index (χ2v) is 11.0. The zero-order valence-corrected chi connectivity index (χ0v) is 26.5. The molecule has 0 atom stereocenters. The van der Waals surface area contributed by atoms with Crippen LogP contribution < -0.4 is 4.74 Å². The monoisotopic (exact) mass is 766 g/mol. The minimum Gasteiger partial charge on any atom is -0.405 e. The Labute approximate surface area is 282 Å². The summed E-state index contributed by atoms with van der Waals surface area (Å²) in [6, 6.07) is 32.4. The van der Waals surface area contributed by atoms with Crippen molar-refractivity contribution in [1.82, 2.24) is 40.4 Å². The van der Waals surface area contributed by atoms with Crippen LogP contribution in [0.5, 0.6) is 5.75 Å². The van der Waals surface area contributed by atoms with Crippen molar-refractivity contribution in [2.45, 2.75) is 6.36 Å². The molecule has 9 nitrogen and oxygen atoms in total. The van der Waals surface area contributed by atoms with Gasteiger partial charge in [0.1, 0.15) is 28.8 Å². The number of para-hydroxylation sites is 3. The number of hydrogen-bond acceptors (Lipinski definition) is 7. The summed E-state index contributed by atoms with van der Waals surface area (Å²) in [4.78, 5) is 0. The third-order valence-electron chi connectivity index (χ3n) is 6.79. The molecule has 0 unspecified atom stereocenters. The number of alkyl halides is 3. The van der Waals surface area contributed by atoms with Gasteiger partial charge in [0.2, 0.25) is 0 Å². The van der Waals surface area contributed by atoms with Crippen molar-refractivity contribution in [3.05, 3.63) is 137 Å². The average molecular weight is 766 g/mol. The summed E-state index contributed by atoms with van der Waals surface area (Å²) in [6.07, 6.45) is -4.85. The number of hydrogen-bond donors (Lipinski definition) is 0. The fourth-order valence-electron chi connectivity index (χ4n) is 4.74. The Morgan fingerprint density at radius 1 is 0.521 bits per heavy atom. The van der Waals surface area contributed by atoms with E-state index >= 15 is 0 Å². The van der Waals surface area contributed by atoms with E-state index in [9.17, 15) is 22.0 Å². The molecule has 0 aliphatic heterocycles. The standard InChI is InChI=1S/C20H12F4N4O.C13H8FIN4/c21-16-10-4-5-11-17(16)28-19(25-26-27-28)15-9-2-1-7-13(15)14-8-3-6-12-18(14)29-20(22,23)24;14-10-6-2-4-8-12(10)19-13(16-17-18-19)9-5-1-3-7-11(9)15/h1-12H;1-8H. The summed E-state index contributed by atoms with van der Waals surface area (Å²) in [5.41, 5.74) is 2.34. The molecule has 0 radical (unpaired) electrons. The highest BCUT2D eigenvalue weighted by Crippen LogP contribution is 2.39. The number of benzene rings is 5. The maximum Gasteiger partial charge on any atom is 0.573 e. The molecule has 15 heteroatoms. The minimum absolute atomic E-state index is 0.113. The van der Waals surface area contributed by atoms with E-state index < -0.39 is 12.2 Å². The Morgan fingerprint density at radius 2 is 0.958 bits per heavy atom. The second-order valence-electron chi connectivity index (χ2n) is 9.80. The van der Waals surface area contributed by atoms with E-state index in [-0.39, 0.29) is 28.6 Å². The lowest BCUT2D eigenvalue weighted by Crippen LogP contribution is -2.17. The van der Waals surface area contributed by atoms with E-state index in [1.54, 1.807) is 54.6 Å². The number of aromatic nitrogens is 8. The summed E-state index contributed by atoms with van der Waals surface area (Å²) >= 11 is 2.20. The van der Waals surface area contributed by atoms with Gasteiger partial charge in [0, 0.05) is 20.3 Å². The van der Waals surface area contributed by atoms with Gasteiger partial charge in [-0.25, -0.2) is 8.78 Å². The number of nitrogens with zero attached hydrogens (tertiary/aromatic N) is 8. The van der Waals surface area contributed by atoms with Crippen molar-refractivity contribution in [2.24, 2.45) is 0 Å². The quantitative estimate of drug-likeness (QED) is 0.125. The normalized spacial score (nSPS) is 11.1. The smallest absolute Gasteiger partial charge is 0.405 e. The molecule has 5 aromatic carbocycles. The van der Waals surface area contributed by atoms with Crippen LogP contribution in [0.15, 0.2) is 121 Å². The van der Waals surface area contributed by atoms with Gasteiger partial charge in [-0.3, -0.25) is 0 Å². The van der Waals surface area contributed by atoms with Crippen molar-refractivity contribution in [3.63, 3.8) is 0 Å². The summed E-state index contributed by atoms with van der Waals surface area (Å²) in [5.74, 6) is -0.568. The molecule has 0 saturated heterocycles. The molecular formula is C33H20F5IN8O. The Morgan fingerprint density at radius 3 is 1.50 bits per heavy atom. The summed E-state index contributed by atoms with van der Waals surface area (Å²) in [7, 11) is 0. The molecule has 0 fully saturated rings. The second kappa shape index (κ2) is 14.0. The van der Waals surface area contributed by atoms with Gasteiger partial charge in [-0.15, -0.1) is 23.4 Å². The summed E-state index contributed by atoms with van der Waals surface area (Å²) in [5, 5.41) is 23.0. The van der Waals surface area contributed by atoms with Gasteiger partial charge >= 0.3 is 6.36 Å². The molecule has 0 spiro atoms. The maximum absolute atomic E-state index is 14.3. The number of ether oxygens (including phenoxy) is 1. The van der Waals surface area contributed by atoms with Gasteiger partial charge in [0.25, 0.3) is 0 Å². The molecule has 0 bridgehead atoms. The lowest BCUT2D eigenvalue weighted by molar-refractivity contribution is -0.274. The van der Waals surface area contributed by atoms with Crippen molar-refractivity contribution in [3.8, 4) is 51.0 Å². The molecule has 240 valence electrons. The topological polar surface area (TPSA) is 96.4 Å². The van der Waals surface area contributed by atoms with Crippen LogP contribution in [-0.2, 0) is 0 Å². The Hall–Kier alpha value is -5.58. The van der Waals surface area contributed by atoms with E-state index in [0.29, 0.717) is 22.6 Å². The maximum atomic E-state index is 14.3. The number of rotatable bonds is 6. The average Bonchev–Trinajstić information content (AvgIpc) is 3.76. The highest BCUT2D eigenvalue weighted by Gasteiger charge is 2.32. The Kier molecular flexibility index (Phi) is 9.47. The van der Waals surface area contributed by atoms with E-state index in [2.05, 4.69) is 58.4 Å². The Balaban J connectivity index is 0.000000182. The molecule has 0 N–H and O–H groups in total. The fraction of sp³-hybridized carbons (Fsp3) is 0.0303. The molecule has 2 heterocycles. The molecule has 48 heavy (non-hydrogen) atoms. The first kappa shape index (κ1) is 32.4. The van der Waals surface area contributed by atoms with Gasteiger partial charge in [-0.05, 0) is 85.4 Å². The fourth-order valence-corrected chi connectivity index (χ4v) is 5.37. The van der Waals surface area contributed by atoms with Crippen LogP contribution in [-0.4, -0.2) is 46.8 Å². The van der Waals surface area contributed by atoms with E-state index in [0.717, 1.165) is 9.13 Å². The van der Waals surface area contributed by atoms with Crippen LogP contribution >= 0.6 is 22.6 Å². The molecule has 0 aliphatic carbocycles. The molecular weight excluding hydrogens is 746 g/mol. The zero-order chi connectivity index (χ0) is 33.7. The third-order valence-corrected chi connectivity index (χ3v) is 7.73. The van der Waals surface area contributed by atoms with E-state index in [4.69, 9.17) is 0 Å². The van der Waals surface area contributed by atoms with Gasteiger partial charge < -0.3 is 4.74 Å². The number of tetrazole rings is 2. The highest BCUT2D eigenvalue weighted by molar-refractivity contribution is 14.1. The molecule has 0 amide bonds. The predicted molar refractivity (Wildman–Crippen MR) is 174 cm³/mol. The third kappa shape index (κ3) is 7.05. The van der Waals surface area contributed by atoms with Gasteiger partial charge in [-0.1, -0.05) is 84.9 Å². The first-order valence-corrected chi connectivity index (χ1v) is 15.0. The number of halogens is 6. The van der Waals surface area contributed by atoms with Crippen molar-refractivity contribution >= 4 is 22.6 Å². The van der Waals surface area contributed by atoms with Crippen molar-refractivity contribution < 1.29 is 26.7 Å². The van der Waals surface area contributed by atoms with Crippen LogP contribution in [0.1, 0.15) is 0 Å². The van der Waals surface area contributed by atoms with E-state index in [1.807, 2.05) is 24.3 Å². The summed E-state index contributed by atoms with van der Waals surface area (Å²) < 4.78 is 74.4. The van der Waals surface area contributed by atoms with Crippen LogP contribution in [0.25, 0.3) is 45.3 Å². The lowest BCUT2D eigenvalue weighted by atomic mass is 9.98. The minimum atomic E-state index is -4.85. The lowest BCUT2D eigenvalue weighted by Gasteiger charge is -2.15. The van der Waals surface area contributed by atoms with Crippen molar-refractivity contribution in [1.29, 1.82) is 0 Å². The predicted octanol–water partition coefficient (Wildman–Crippen LogP) is 8.11. The molecule has 7 rings (SSSR count).